The van der Waals surface area contributed by atoms with E-state index in [1.54, 1.807) is 0 Å². The average Bonchev–Trinajstić information content (AvgIpc) is 3.05. The molecule has 0 unspecified atom stereocenters. The van der Waals surface area contributed by atoms with Crippen LogP contribution in [-0.2, 0) is 17.1 Å². The maximum atomic E-state index is 13.1. The summed E-state index contributed by atoms with van der Waals surface area (Å²) in [5, 5.41) is 3.34. The van der Waals surface area contributed by atoms with Crippen molar-refractivity contribution in [2.45, 2.75) is 12.4 Å². The number of hydrogen-bond donors (Lipinski definition) is 1. The summed E-state index contributed by atoms with van der Waals surface area (Å²) in [6.45, 7) is 0. The van der Waals surface area contributed by atoms with Crippen LogP contribution < -0.4 is 5.73 Å². The molecule has 3 aromatic rings. The van der Waals surface area contributed by atoms with Gasteiger partial charge in [0.1, 0.15) is 6.33 Å². The summed E-state index contributed by atoms with van der Waals surface area (Å²) in [7, 11) is 0. The first kappa shape index (κ1) is 22.2. The van der Waals surface area contributed by atoms with Crippen LogP contribution in [0.2, 0.25) is 5.28 Å². The molecule has 7 nitrogen and oxygen atoms in total. The molecule has 0 radical (unpaired) electrons. The topological polar surface area (TPSA) is 99.6 Å². The second-order valence-electron chi connectivity index (χ2n) is 5.98. The third kappa shape index (κ3) is 4.99. The van der Waals surface area contributed by atoms with E-state index in [9.17, 15) is 31.1 Å². The lowest BCUT2D eigenvalue weighted by Crippen LogP contribution is -2.14. The van der Waals surface area contributed by atoms with Crippen LogP contribution in [0.4, 0.5) is 26.3 Å². The van der Waals surface area contributed by atoms with E-state index < -0.39 is 46.1 Å². The molecule has 2 N–H and O–H groups in total. The molecule has 0 aliphatic heterocycles. The van der Waals surface area contributed by atoms with Gasteiger partial charge in [0.15, 0.2) is 5.82 Å². The van der Waals surface area contributed by atoms with Crippen molar-refractivity contribution in [2.75, 3.05) is 0 Å². The van der Waals surface area contributed by atoms with Gasteiger partial charge in [0, 0.05) is 29.7 Å². The molecule has 0 spiro atoms. The van der Waals surface area contributed by atoms with Gasteiger partial charge in [-0.1, -0.05) is 0 Å². The summed E-state index contributed by atoms with van der Waals surface area (Å²) in [5.74, 6) is -1.48. The van der Waals surface area contributed by atoms with Gasteiger partial charge in [-0.05, 0) is 29.8 Å². The number of nitrogens with zero attached hydrogens (tertiary/aromatic N) is 5. The van der Waals surface area contributed by atoms with E-state index in [2.05, 4.69) is 20.1 Å². The van der Waals surface area contributed by atoms with Gasteiger partial charge < -0.3 is 5.73 Å². The lowest BCUT2D eigenvalue weighted by molar-refractivity contribution is -0.143. The molecule has 0 aliphatic rings. The Bertz CT molecular complexity index is 1120. The highest BCUT2D eigenvalue weighted by Gasteiger charge is 2.37. The zero-order chi connectivity index (χ0) is 23.0. The minimum absolute atomic E-state index is 0.0252. The van der Waals surface area contributed by atoms with E-state index in [0.717, 1.165) is 10.9 Å². The molecule has 0 atom stereocenters. The Labute approximate surface area is 174 Å². The maximum absolute atomic E-state index is 13.1. The molecule has 0 bridgehead atoms. The Hall–Kier alpha value is -3.48. The van der Waals surface area contributed by atoms with Gasteiger partial charge in [0.25, 0.3) is 5.91 Å². The molecule has 2 aromatic heterocycles. The number of alkyl halides is 6. The van der Waals surface area contributed by atoms with E-state index in [-0.39, 0.29) is 17.2 Å². The second kappa shape index (κ2) is 7.98. The van der Waals surface area contributed by atoms with Crippen LogP contribution in [0.3, 0.4) is 0 Å². The van der Waals surface area contributed by atoms with Crippen molar-refractivity contribution in [3.05, 3.63) is 58.9 Å². The van der Waals surface area contributed by atoms with Crippen molar-refractivity contribution in [3.63, 3.8) is 0 Å². The minimum atomic E-state index is -5.05. The third-order valence-electron chi connectivity index (χ3n) is 3.82. The van der Waals surface area contributed by atoms with Crippen molar-refractivity contribution >= 4 is 29.3 Å². The van der Waals surface area contributed by atoms with E-state index in [1.807, 2.05) is 0 Å². The fourth-order valence-electron chi connectivity index (χ4n) is 2.43. The lowest BCUT2D eigenvalue weighted by Gasteiger charge is -2.13. The molecular weight excluding hydrogens is 454 g/mol. The molecule has 0 fully saturated rings. The van der Waals surface area contributed by atoms with Crippen LogP contribution >= 0.6 is 11.6 Å². The fourth-order valence-corrected chi connectivity index (χ4v) is 2.60. The van der Waals surface area contributed by atoms with E-state index in [0.29, 0.717) is 12.1 Å². The van der Waals surface area contributed by atoms with Gasteiger partial charge >= 0.3 is 12.4 Å². The lowest BCUT2D eigenvalue weighted by atomic mass is 10.0. The fraction of sp³-hybridized carbons (Fsp3) is 0.118. The molecule has 14 heteroatoms. The molecule has 0 saturated heterocycles. The molecule has 162 valence electrons. The zero-order valence-corrected chi connectivity index (χ0v) is 15.7. The first-order valence-electron chi connectivity index (χ1n) is 8.05. The van der Waals surface area contributed by atoms with Crippen molar-refractivity contribution in [2.24, 2.45) is 5.73 Å². The van der Waals surface area contributed by atoms with Crippen LogP contribution in [0, 0.1) is 0 Å². The Morgan fingerprint density at radius 2 is 1.55 bits per heavy atom. The number of aromatic nitrogens is 5. The number of rotatable bonds is 4. The predicted molar refractivity (Wildman–Crippen MR) is 95.9 cm³/mol. The first-order valence-corrected chi connectivity index (χ1v) is 8.43. The largest absolute Gasteiger partial charge is 0.416 e. The van der Waals surface area contributed by atoms with Crippen molar-refractivity contribution < 1.29 is 31.1 Å². The summed E-state index contributed by atoms with van der Waals surface area (Å²) in [4.78, 5) is 22.9. The molecule has 2 heterocycles. The highest BCUT2D eigenvalue weighted by atomic mass is 35.5. The monoisotopic (exact) mass is 462 g/mol. The number of carbonyl (C=O) groups is 1. The molecule has 1 amide bonds. The van der Waals surface area contributed by atoms with Gasteiger partial charge in [0.05, 0.1) is 16.7 Å². The van der Waals surface area contributed by atoms with Gasteiger partial charge in [-0.25, -0.2) is 14.6 Å². The number of benzene rings is 1. The van der Waals surface area contributed by atoms with Crippen LogP contribution in [0.15, 0.2) is 36.9 Å². The number of carbonyl (C=O) groups excluding carboxylic acids is 1. The summed E-state index contributed by atoms with van der Waals surface area (Å²) in [6.07, 6.45) is -5.41. The molecular formula is C17H9ClF6N6O. The summed E-state index contributed by atoms with van der Waals surface area (Å²) < 4.78 is 79.2. The summed E-state index contributed by atoms with van der Waals surface area (Å²) in [5.41, 5.74) is 1.62. The smallest absolute Gasteiger partial charge is 0.366 e. The standard InChI is InChI=1S/C17H9ClF6N6O/c18-15-28-14(8-1-10(16(19,20)21)3-11(2-8)17(22,23)24)29-30(15)6-12(13(25)31)9-4-26-7-27-5-9/h1-7H,(H2,25,31)/b12-6+. The molecule has 1 aromatic carbocycles. The molecule has 3 rings (SSSR count). The average molecular weight is 463 g/mol. The van der Waals surface area contributed by atoms with Crippen molar-refractivity contribution in [1.82, 2.24) is 24.7 Å². The molecule has 31 heavy (non-hydrogen) atoms. The summed E-state index contributed by atoms with van der Waals surface area (Å²) >= 11 is 5.91. The molecule has 0 aliphatic carbocycles. The van der Waals surface area contributed by atoms with E-state index in [4.69, 9.17) is 17.3 Å². The highest BCUT2D eigenvalue weighted by Crippen LogP contribution is 2.38. The Morgan fingerprint density at radius 3 is 2.03 bits per heavy atom. The van der Waals surface area contributed by atoms with E-state index in [1.165, 1.54) is 18.7 Å². The first-order chi connectivity index (χ1) is 14.4. The van der Waals surface area contributed by atoms with Gasteiger partial charge in [-0.2, -0.15) is 31.3 Å². The number of nitrogens with two attached hydrogens (primary N) is 1. The van der Waals surface area contributed by atoms with Crippen LogP contribution in [0.1, 0.15) is 16.7 Å². The normalized spacial score (nSPS) is 12.8. The number of amides is 1. The van der Waals surface area contributed by atoms with Gasteiger partial charge in [0.2, 0.25) is 5.28 Å². The highest BCUT2D eigenvalue weighted by molar-refractivity contribution is 6.29. The number of primary amides is 1. The van der Waals surface area contributed by atoms with Gasteiger partial charge in [-0.15, -0.1) is 5.10 Å². The zero-order valence-electron chi connectivity index (χ0n) is 14.9. The third-order valence-corrected chi connectivity index (χ3v) is 4.08. The SMILES string of the molecule is NC(=O)/C(=C/n1nc(-c2cc(C(F)(F)F)cc(C(F)(F)F)c2)nc1Cl)c1cncnc1. The second-order valence-corrected chi connectivity index (χ2v) is 6.32. The Balaban J connectivity index is 2.13. The number of hydrogen-bond acceptors (Lipinski definition) is 5. The van der Waals surface area contributed by atoms with Gasteiger partial charge in [-0.3, -0.25) is 4.79 Å². The predicted octanol–water partition coefficient (Wildman–Crippen LogP) is 3.91. The van der Waals surface area contributed by atoms with Crippen LogP contribution in [-0.4, -0.2) is 30.6 Å². The quantitative estimate of drug-likeness (QED) is 0.468. The van der Waals surface area contributed by atoms with Crippen molar-refractivity contribution in [1.29, 1.82) is 0 Å². The van der Waals surface area contributed by atoms with Crippen LogP contribution in [0.25, 0.3) is 23.2 Å². The summed E-state index contributed by atoms with van der Waals surface area (Å²) in [6, 6.07) is 0.882. The minimum Gasteiger partial charge on any atom is -0.366 e. The Morgan fingerprint density at radius 1 is 1.00 bits per heavy atom. The van der Waals surface area contributed by atoms with Crippen LogP contribution in [0.5, 0.6) is 0 Å². The maximum Gasteiger partial charge on any atom is 0.416 e. The van der Waals surface area contributed by atoms with Crippen molar-refractivity contribution in [3.8, 4) is 11.4 Å². The number of halogens is 7. The van der Waals surface area contributed by atoms with E-state index >= 15 is 0 Å². The molecule has 0 saturated carbocycles. The Kier molecular flexibility index (Phi) is 5.72.